The second-order valence-electron chi connectivity index (χ2n) is 5.01. The molecule has 0 saturated carbocycles. The molecular weight excluding hydrogens is 326 g/mol. The van der Waals surface area contributed by atoms with Crippen LogP contribution in [0.3, 0.4) is 0 Å². The zero-order valence-electron chi connectivity index (χ0n) is 13.3. The number of carbonyl (C=O) groups excluding carboxylic acids is 1. The predicted molar refractivity (Wildman–Crippen MR) is 93.2 cm³/mol. The summed E-state index contributed by atoms with van der Waals surface area (Å²) in [5.41, 5.74) is 2.07. The van der Waals surface area contributed by atoms with Gasteiger partial charge in [-0.05, 0) is 30.7 Å². The van der Waals surface area contributed by atoms with Gasteiger partial charge in [-0.25, -0.2) is 15.0 Å². The lowest BCUT2D eigenvalue weighted by molar-refractivity contribution is -0.115. The van der Waals surface area contributed by atoms with Crippen molar-refractivity contribution in [2.75, 3.05) is 12.4 Å². The summed E-state index contributed by atoms with van der Waals surface area (Å²) in [4.78, 5) is 28.0. The maximum atomic E-state index is 12.5. The van der Waals surface area contributed by atoms with Crippen LogP contribution in [0, 0.1) is 0 Å². The number of nitrogens with zero attached hydrogens (tertiary/aromatic N) is 3. The topological polar surface area (TPSA) is 92.8 Å². The number of H-pyrrole nitrogens is 1. The van der Waals surface area contributed by atoms with Crippen LogP contribution in [0.4, 0.5) is 5.69 Å². The van der Waals surface area contributed by atoms with Crippen LogP contribution < -0.4 is 10.1 Å². The van der Waals surface area contributed by atoms with Crippen molar-refractivity contribution in [1.29, 1.82) is 0 Å². The van der Waals surface area contributed by atoms with Crippen molar-refractivity contribution < 1.29 is 9.53 Å². The van der Waals surface area contributed by atoms with Crippen molar-refractivity contribution in [2.24, 2.45) is 0 Å². The monoisotopic (exact) mass is 343 g/mol. The van der Waals surface area contributed by atoms with E-state index in [9.17, 15) is 4.79 Å². The third kappa shape index (κ3) is 3.48. The first kappa shape index (κ1) is 16.3. The first-order valence-corrected chi connectivity index (χ1v) is 8.35. The molecule has 0 aliphatic carbocycles. The average Bonchev–Trinajstić information content (AvgIpc) is 3.09. The number of carbonyl (C=O) groups is 1. The Hall–Kier alpha value is -2.61. The Bertz CT molecular complexity index is 834. The molecule has 0 bridgehead atoms. The lowest BCUT2D eigenvalue weighted by atomic mass is 10.2. The van der Waals surface area contributed by atoms with E-state index in [1.54, 1.807) is 13.4 Å². The van der Waals surface area contributed by atoms with E-state index in [1.165, 1.54) is 18.1 Å². The average molecular weight is 343 g/mol. The summed E-state index contributed by atoms with van der Waals surface area (Å²) in [5, 5.41) is 3.37. The fourth-order valence-corrected chi connectivity index (χ4v) is 3.16. The van der Waals surface area contributed by atoms with E-state index in [1.807, 2.05) is 31.2 Å². The number of thioether (sulfide) groups is 1. The van der Waals surface area contributed by atoms with Crippen molar-refractivity contribution in [1.82, 2.24) is 19.9 Å². The minimum Gasteiger partial charge on any atom is -0.497 e. The number of aromatic amines is 1. The fourth-order valence-electron chi connectivity index (χ4n) is 2.19. The van der Waals surface area contributed by atoms with E-state index in [-0.39, 0.29) is 11.2 Å². The molecule has 1 amide bonds. The van der Waals surface area contributed by atoms with Gasteiger partial charge in [-0.15, -0.1) is 0 Å². The molecular formula is C16H17N5O2S. The molecule has 2 heterocycles. The highest BCUT2D eigenvalue weighted by Crippen LogP contribution is 2.28. The van der Waals surface area contributed by atoms with E-state index < -0.39 is 0 Å². The largest absolute Gasteiger partial charge is 0.497 e. The highest BCUT2D eigenvalue weighted by atomic mass is 32.2. The zero-order valence-corrected chi connectivity index (χ0v) is 14.1. The van der Waals surface area contributed by atoms with Gasteiger partial charge in [0, 0.05) is 5.69 Å². The maximum Gasteiger partial charge on any atom is 0.237 e. The number of ether oxygens (including phenoxy) is 1. The molecule has 7 nitrogen and oxygen atoms in total. The minimum absolute atomic E-state index is 0.0704. The third-order valence-electron chi connectivity index (χ3n) is 3.46. The van der Waals surface area contributed by atoms with Crippen LogP contribution in [0.15, 0.2) is 41.9 Å². The van der Waals surface area contributed by atoms with E-state index >= 15 is 0 Å². The number of aromatic nitrogens is 4. The molecule has 0 saturated heterocycles. The SMILES string of the molecule is CC[C@@H](Sc1ncnc2nc[nH]c12)C(=O)Nc1ccc(OC)cc1. The summed E-state index contributed by atoms with van der Waals surface area (Å²) in [6, 6.07) is 7.24. The summed E-state index contributed by atoms with van der Waals surface area (Å²) in [6.07, 6.45) is 3.70. The first-order valence-electron chi connectivity index (χ1n) is 7.47. The van der Waals surface area contributed by atoms with Gasteiger partial charge in [0.05, 0.1) is 18.7 Å². The van der Waals surface area contributed by atoms with Gasteiger partial charge >= 0.3 is 0 Å². The molecule has 124 valence electrons. The molecule has 8 heteroatoms. The fraction of sp³-hybridized carbons (Fsp3) is 0.250. The molecule has 2 aromatic heterocycles. The standard InChI is InChI=1S/C16H17N5O2S/c1-3-12(15(22)21-10-4-6-11(23-2)7-5-10)24-16-13-14(18-8-17-13)19-9-20-16/h4-9,12H,3H2,1-2H3,(H,21,22)(H,17,18,19,20)/t12-/m1/s1. The van der Waals surface area contributed by atoms with Crippen LogP contribution in [0.5, 0.6) is 5.75 Å². The number of nitrogens with one attached hydrogen (secondary N) is 2. The Morgan fingerprint density at radius 2 is 2.08 bits per heavy atom. The number of amides is 1. The van der Waals surface area contributed by atoms with Crippen LogP contribution in [-0.4, -0.2) is 38.2 Å². The molecule has 2 N–H and O–H groups in total. The third-order valence-corrected chi connectivity index (χ3v) is 4.83. The molecule has 1 aromatic carbocycles. The van der Waals surface area contributed by atoms with E-state index in [2.05, 4.69) is 25.3 Å². The second-order valence-corrected chi connectivity index (χ2v) is 6.20. The lowest BCUT2D eigenvalue weighted by Crippen LogP contribution is -2.24. The molecule has 0 fully saturated rings. The summed E-state index contributed by atoms with van der Waals surface area (Å²) >= 11 is 1.40. The van der Waals surface area contributed by atoms with Crippen molar-refractivity contribution in [2.45, 2.75) is 23.6 Å². The lowest BCUT2D eigenvalue weighted by Gasteiger charge is -2.14. The number of methoxy groups -OCH3 is 1. The molecule has 0 radical (unpaired) electrons. The van der Waals surface area contributed by atoms with E-state index in [0.717, 1.165) is 17.0 Å². The normalized spacial score (nSPS) is 12.1. The van der Waals surface area contributed by atoms with Crippen molar-refractivity contribution >= 4 is 34.5 Å². The molecule has 24 heavy (non-hydrogen) atoms. The molecule has 1 atom stereocenters. The van der Waals surface area contributed by atoms with Gasteiger partial charge in [-0.3, -0.25) is 4.79 Å². The van der Waals surface area contributed by atoms with Gasteiger partial charge in [0.1, 0.15) is 22.6 Å². The summed E-state index contributed by atoms with van der Waals surface area (Å²) in [5.74, 6) is 0.677. The molecule has 0 spiro atoms. The smallest absolute Gasteiger partial charge is 0.237 e. The number of imidazole rings is 1. The van der Waals surface area contributed by atoms with Crippen LogP contribution in [0.25, 0.3) is 11.2 Å². The summed E-state index contributed by atoms with van der Waals surface area (Å²) in [6.45, 7) is 1.97. The quantitative estimate of drug-likeness (QED) is 0.528. The molecule has 0 aliphatic rings. The van der Waals surface area contributed by atoms with Crippen LogP contribution >= 0.6 is 11.8 Å². The van der Waals surface area contributed by atoms with Crippen LogP contribution in [0.2, 0.25) is 0 Å². The second kappa shape index (κ2) is 7.31. The molecule has 0 aliphatic heterocycles. The number of hydrogen-bond donors (Lipinski definition) is 2. The Balaban J connectivity index is 1.73. The Labute approximate surface area is 143 Å². The molecule has 3 rings (SSSR count). The Morgan fingerprint density at radius 3 is 2.79 bits per heavy atom. The van der Waals surface area contributed by atoms with Gasteiger partial charge in [0.15, 0.2) is 5.65 Å². The summed E-state index contributed by atoms with van der Waals surface area (Å²) < 4.78 is 5.11. The van der Waals surface area contributed by atoms with Gasteiger partial charge in [-0.2, -0.15) is 0 Å². The van der Waals surface area contributed by atoms with Crippen LogP contribution in [-0.2, 0) is 4.79 Å². The van der Waals surface area contributed by atoms with Crippen molar-refractivity contribution in [3.8, 4) is 5.75 Å². The molecule has 0 unspecified atom stereocenters. The van der Waals surface area contributed by atoms with E-state index in [0.29, 0.717) is 17.1 Å². The van der Waals surface area contributed by atoms with Gasteiger partial charge in [0.2, 0.25) is 5.91 Å². The van der Waals surface area contributed by atoms with Gasteiger partial charge in [-0.1, -0.05) is 18.7 Å². The predicted octanol–water partition coefficient (Wildman–Crippen LogP) is 2.87. The van der Waals surface area contributed by atoms with Gasteiger partial charge < -0.3 is 15.0 Å². The van der Waals surface area contributed by atoms with E-state index in [4.69, 9.17) is 4.74 Å². The number of rotatable bonds is 6. The number of hydrogen-bond acceptors (Lipinski definition) is 6. The number of benzene rings is 1. The number of anilines is 1. The molecule has 3 aromatic rings. The van der Waals surface area contributed by atoms with Crippen LogP contribution in [0.1, 0.15) is 13.3 Å². The van der Waals surface area contributed by atoms with Crippen molar-refractivity contribution in [3.05, 3.63) is 36.9 Å². The number of fused-ring (bicyclic) bond motifs is 1. The zero-order chi connectivity index (χ0) is 16.9. The summed E-state index contributed by atoms with van der Waals surface area (Å²) in [7, 11) is 1.61. The van der Waals surface area contributed by atoms with Crippen molar-refractivity contribution in [3.63, 3.8) is 0 Å². The Kier molecular flexibility index (Phi) is 4.95. The maximum absolute atomic E-state index is 12.5. The Morgan fingerprint density at radius 1 is 1.29 bits per heavy atom. The highest BCUT2D eigenvalue weighted by Gasteiger charge is 2.20. The van der Waals surface area contributed by atoms with Gasteiger partial charge in [0.25, 0.3) is 0 Å². The first-order chi connectivity index (χ1) is 11.7. The minimum atomic E-state index is -0.270. The highest BCUT2D eigenvalue weighted by molar-refractivity contribution is 8.00.